The van der Waals surface area contributed by atoms with Crippen LogP contribution in [0.5, 0.6) is 0 Å². The third-order valence-electron chi connectivity index (χ3n) is 5.71. The van der Waals surface area contributed by atoms with Crippen LogP contribution in [-0.2, 0) is 14.4 Å². The molecule has 31 heavy (non-hydrogen) atoms. The third kappa shape index (κ3) is 5.51. The van der Waals surface area contributed by atoms with E-state index in [9.17, 15) is 14.4 Å². The topological polar surface area (TPSA) is 69.7 Å². The Morgan fingerprint density at radius 2 is 1.16 bits per heavy atom. The van der Waals surface area contributed by atoms with Crippen molar-refractivity contribution < 1.29 is 14.4 Å². The van der Waals surface area contributed by atoms with Crippen molar-refractivity contribution >= 4 is 17.7 Å². The van der Waals surface area contributed by atoms with Gasteiger partial charge in [0.25, 0.3) is 0 Å². The molecule has 1 aliphatic rings. The van der Waals surface area contributed by atoms with Crippen LogP contribution in [0.1, 0.15) is 37.8 Å². The fraction of sp³-hybridized carbons (Fsp3) is 0.400. The lowest BCUT2D eigenvalue weighted by atomic mass is 9.90. The van der Waals surface area contributed by atoms with E-state index < -0.39 is 6.04 Å². The Hall–Kier alpha value is -3.15. The maximum absolute atomic E-state index is 13.5. The quantitative estimate of drug-likeness (QED) is 0.780. The van der Waals surface area contributed by atoms with Gasteiger partial charge in [-0.3, -0.25) is 14.4 Å². The molecule has 1 unspecified atom stereocenters. The lowest BCUT2D eigenvalue weighted by molar-refractivity contribution is -0.142. The van der Waals surface area contributed by atoms with E-state index in [-0.39, 0.29) is 29.6 Å². The first kappa shape index (κ1) is 22.5. The van der Waals surface area contributed by atoms with Gasteiger partial charge < -0.3 is 15.1 Å². The molecule has 0 aromatic heterocycles. The van der Waals surface area contributed by atoms with Gasteiger partial charge in [-0.1, -0.05) is 74.5 Å². The van der Waals surface area contributed by atoms with E-state index in [4.69, 9.17) is 0 Å². The fourth-order valence-electron chi connectivity index (χ4n) is 4.03. The van der Waals surface area contributed by atoms with E-state index in [1.807, 2.05) is 79.4 Å². The number of nitrogens with one attached hydrogen (secondary N) is 1. The molecule has 3 rings (SSSR count). The van der Waals surface area contributed by atoms with Gasteiger partial charge in [-0.25, -0.2) is 0 Å². The highest BCUT2D eigenvalue weighted by molar-refractivity contribution is 5.89. The van der Waals surface area contributed by atoms with Gasteiger partial charge in [0.2, 0.25) is 17.7 Å². The third-order valence-corrected chi connectivity index (χ3v) is 5.71. The summed E-state index contributed by atoms with van der Waals surface area (Å²) in [5.41, 5.74) is 1.92. The first-order valence-corrected chi connectivity index (χ1v) is 10.8. The first-order valence-electron chi connectivity index (χ1n) is 10.8. The van der Waals surface area contributed by atoms with Crippen molar-refractivity contribution in [3.63, 3.8) is 0 Å². The number of benzene rings is 2. The summed E-state index contributed by atoms with van der Waals surface area (Å²) < 4.78 is 0. The fourth-order valence-corrected chi connectivity index (χ4v) is 4.03. The molecule has 1 N–H and O–H groups in total. The summed E-state index contributed by atoms with van der Waals surface area (Å²) in [6, 6.07) is 19.1. The van der Waals surface area contributed by atoms with E-state index in [0.29, 0.717) is 26.2 Å². The van der Waals surface area contributed by atoms with Gasteiger partial charge in [0.1, 0.15) is 6.04 Å². The Bertz CT molecular complexity index is 851. The molecule has 2 aromatic rings. The Morgan fingerprint density at radius 1 is 0.742 bits per heavy atom. The summed E-state index contributed by atoms with van der Waals surface area (Å²) in [6.45, 7) is 7.14. The number of rotatable bonds is 6. The average Bonchev–Trinajstić information content (AvgIpc) is 2.78. The Morgan fingerprint density at radius 3 is 1.55 bits per heavy atom. The second-order valence-electron chi connectivity index (χ2n) is 8.33. The highest BCUT2D eigenvalue weighted by atomic mass is 16.2. The summed E-state index contributed by atoms with van der Waals surface area (Å²) in [4.78, 5) is 41.6. The molecule has 1 fully saturated rings. The largest absolute Gasteiger partial charge is 0.344 e. The van der Waals surface area contributed by atoms with E-state index in [2.05, 4.69) is 5.32 Å². The SMILES string of the molecule is CC(=O)NC(C(=O)N1CCN(C(=O)C(c2ccccc2)c2ccccc2)CC1)C(C)C. The van der Waals surface area contributed by atoms with Gasteiger partial charge in [-0.2, -0.15) is 0 Å². The lowest BCUT2D eigenvalue weighted by Gasteiger charge is -2.38. The summed E-state index contributed by atoms with van der Waals surface area (Å²) in [5.74, 6) is -0.620. The maximum atomic E-state index is 13.5. The normalized spacial score (nSPS) is 15.1. The van der Waals surface area contributed by atoms with Crippen LogP contribution in [0, 0.1) is 5.92 Å². The van der Waals surface area contributed by atoms with E-state index in [1.54, 1.807) is 4.90 Å². The van der Waals surface area contributed by atoms with Gasteiger partial charge in [-0.05, 0) is 17.0 Å². The molecular formula is C25H31N3O3. The molecule has 0 spiro atoms. The molecule has 164 valence electrons. The van der Waals surface area contributed by atoms with Crippen LogP contribution in [-0.4, -0.2) is 59.7 Å². The van der Waals surface area contributed by atoms with Crippen LogP contribution < -0.4 is 5.32 Å². The van der Waals surface area contributed by atoms with Crippen molar-refractivity contribution in [1.82, 2.24) is 15.1 Å². The zero-order valence-electron chi connectivity index (χ0n) is 18.5. The minimum atomic E-state index is -0.541. The number of piperazine rings is 1. The molecule has 0 saturated carbocycles. The Balaban J connectivity index is 1.72. The monoisotopic (exact) mass is 421 g/mol. The number of carbonyl (C=O) groups is 3. The predicted molar refractivity (Wildman–Crippen MR) is 120 cm³/mol. The predicted octanol–water partition coefficient (Wildman–Crippen LogP) is 2.65. The zero-order chi connectivity index (χ0) is 22.4. The smallest absolute Gasteiger partial charge is 0.245 e. The minimum Gasteiger partial charge on any atom is -0.344 e. The van der Waals surface area contributed by atoms with Gasteiger partial charge in [0.15, 0.2) is 0 Å². The van der Waals surface area contributed by atoms with Crippen LogP contribution in [0.25, 0.3) is 0 Å². The van der Waals surface area contributed by atoms with Gasteiger partial charge in [-0.15, -0.1) is 0 Å². The molecule has 2 aromatic carbocycles. The second kappa shape index (κ2) is 10.2. The highest BCUT2D eigenvalue weighted by Gasteiger charge is 2.33. The van der Waals surface area contributed by atoms with Crippen LogP contribution in [0.15, 0.2) is 60.7 Å². The molecule has 6 heteroatoms. The molecule has 3 amide bonds. The van der Waals surface area contributed by atoms with Crippen molar-refractivity contribution in [1.29, 1.82) is 0 Å². The number of hydrogen-bond donors (Lipinski definition) is 1. The first-order chi connectivity index (χ1) is 14.9. The number of carbonyl (C=O) groups excluding carboxylic acids is 3. The number of nitrogens with zero attached hydrogens (tertiary/aromatic N) is 2. The molecule has 0 radical (unpaired) electrons. The Labute approximate surface area is 184 Å². The molecule has 0 bridgehead atoms. The highest BCUT2D eigenvalue weighted by Crippen LogP contribution is 2.27. The number of hydrogen-bond acceptors (Lipinski definition) is 3. The van der Waals surface area contributed by atoms with Crippen LogP contribution in [0.2, 0.25) is 0 Å². The molecular weight excluding hydrogens is 390 g/mol. The standard InChI is InChI=1S/C25H31N3O3/c1-18(2)23(26-19(3)29)25(31)28-16-14-27(15-17-28)24(30)22(20-10-6-4-7-11-20)21-12-8-5-9-13-21/h4-13,18,22-23H,14-17H2,1-3H3,(H,26,29). The van der Waals surface area contributed by atoms with Crippen molar-refractivity contribution in [2.24, 2.45) is 5.92 Å². The van der Waals surface area contributed by atoms with E-state index in [0.717, 1.165) is 11.1 Å². The molecule has 1 aliphatic heterocycles. The molecule has 1 heterocycles. The molecule has 1 atom stereocenters. The van der Waals surface area contributed by atoms with E-state index >= 15 is 0 Å². The average molecular weight is 422 g/mol. The molecule has 1 saturated heterocycles. The Kier molecular flexibility index (Phi) is 7.45. The van der Waals surface area contributed by atoms with Crippen molar-refractivity contribution in [2.75, 3.05) is 26.2 Å². The van der Waals surface area contributed by atoms with Crippen LogP contribution in [0.3, 0.4) is 0 Å². The summed E-state index contributed by atoms with van der Waals surface area (Å²) >= 11 is 0. The summed E-state index contributed by atoms with van der Waals surface area (Å²) in [6.07, 6.45) is 0. The molecule has 6 nitrogen and oxygen atoms in total. The van der Waals surface area contributed by atoms with Crippen molar-refractivity contribution in [3.05, 3.63) is 71.8 Å². The van der Waals surface area contributed by atoms with Gasteiger partial charge in [0.05, 0.1) is 5.92 Å². The van der Waals surface area contributed by atoms with E-state index in [1.165, 1.54) is 6.92 Å². The number of amides is 3. The van der Waals surface area contributed by atoms with Crippen LogP contribution >= 0.6 is 0 Å². The van der Waals surface area contributed by atoms with Crippen molar-refractivity contribution in [3.8, 4) is 0 Å². The maximum Gasteiger partial charge on any atom is 0.245 e. The summed E-state index contributed by atoms with van der Waals surface area (Å²) in [5, 5.41) is 2.76. The lowest BCUT2D eigenvalue weighted by Crippen LogP contribution is -2.57. The summed E-state index contributed by atoms with van der Waals surface area (Å²) in [7, 11) is 0. The molecule has 0 aliphatic carbocycles. The van der Waals surface area contributed by atoms with Crippen molar-refractivity contribution in [2.45, 2.75) is 32.7 Å². The zero-order valence-corrected chi connectivity index (χ0v) is 18.5. The minimum absolute atomic E-state index is 0.00315. The second-order valence-corrected chi connectivity index (χ2v) is 8.33. The van der Waals surface area contributed by atoms with Gasteiger partial charge in [0, 0.05) is 33.1 Å². The van der Waals surface area contributed by atoms with Crippen LogP contribution in [0.4, 0.5) is 0 Å². The van der Waals surface area contributed by atoms with Gasteiger partial charge >= 0.3 is 0 Å².